The number of anilines is 1. The van der Waals surface area contributed by atoms with Gasteiger partial charge in [-0.1, -0.05) is 60.2 Å². The van der Waals surface area contributed by atoms with Crippen molar-refractivity contribution in [1.82, 2.24) is 15.2 Å². The lowest BCUT2D eigenvalue weighted by Crippen LogP contribution is -2.29. The predicted molar refractivity (Wildman–Crippen MR) is 116 cm³/mol. The van der Waals surface area contributed by atoms with E-state index in [2.05, 4.69) is 23.8 Å². The molecule has 5 heteroatoms. The molecule has 1 aromatic heterocycles. The van der Waals surface area contributed by atoms with E-state index in [1.165, 1.54) is 5.56 Å². The molecule has 1 heterocycles. The van der Waals surface area contributed by atoms with Crippen LogP contribution in [0.3, 0.4) is 0 Å². The Balaban J connectivity index is 1.72. The van der Waals surface area contributed by atoms with Gasteiger partial charge in [0.2, 0.25) is 0 Å². The maximum Gasteiger partial charge on any atom is 0.273 e. The summed E-state index contributed by atoms with van der Waals surface area (Å²) in [5, 5.41) is 4.75. The Morgan fingerprint density at radius 3 is 2.28 bits per heavy atom. The Kier molecular flexibility index (Phi) is 5.12. The van der Waals surface area contributed by atoms with Crippen LogP contribution in [0.15, 0.2) is 85.1 Å². The molecule has 0 fully saturated rings. The number of benzene rings is 3. The number of nitrogens with one attached hydrogen (secondary N) is 2. The van der Waals surface area contributed by atoms with Gasteiger partial charge in [0.05, 0.1) is 16.9 Å². The third-order valence-electron chi connectivity index (χ3n) is 4.71. The van der Waals surface area contributed by atoms with Crippen LogP contribution in [0.1, 0.15) is 21.5 Å². The molecule has 0 atom stereocenters. The Labute approximate surface area is 170 Å². The van der Waals surface area contributed by atoms with Gasteiger partial charge in [-0.05, 0) is 43.7 Å². The molecule has 1 amide bonds. The number of aromatic nitrogens is 2. The first-order valence-corrected chi connectivity index (χ1v) is 9.46. The molecule has 2 N–H and O–H groups in total. The molecule has 29 heavy (non-hydrogen) atoms. The number of hydrogen-bond donors (Lipinski definition) is 2. The second kappa shape index (κ2) is 8.02. The third-order valence-corrected chi connectivity index (χ3v) is 4.71. The zero-order valence-corrected chi connectivity index (χ0v) is 16.4. The van der Waals surface area contributed by atoms with Crippen LogP contribution in [0.5, 0.6) is 0 Å². The summed E-state index contributed by atoms with van der Waals surface area (Å²) in [5.41, 5.74) is 11.8. The van der Waals surface area contributed by atoms with Crippen LogP contribution in [-0.4, -0.2) is 15.7 Å². The molecule has 0 spiro atoms. The van der Waals surface area contributed by atoms with E-state index >= 15 is 0 Å². The Bertz CT molecular complexity index is 1130. The molecule has 0 saturated heterocycles. The highest BCUT2D eigenvalue weighted by molar-refractivity contribution is 6.00. The van der Waals surface area contributed by atoms with Crippen molar-refractivity contribution in [2.45, 2.75) is 13.8 Å². The fourth-order valence-corrected chi connectivity index (χ4v) is 3.25. The number of carbonyl (C=O) groups excluding carboxylic acids is 1. The minimum absolute atomic E-state index is 0.244. The van der Waals surface area contributed by atoms with Gasteiger partial charge < -0.3 is 0 Å². The first kappa shape index (κ1) is 18.5. The molecule has 0 aliphatic carbocycles. The van der Waals surface area contributed by atoms with Crippen LogP contribution in [0, 0.1) is 13.8 Å². The van der Waals surface area contributed by atoms with Crippen molar-refractivity contribution >= 4 is 11.6 Å². The van der Waals surface area contributed by atoms with Gasteiger partial charge in [0.25, 0.3) is 5.91 Å². The van der Waals surface area contributed by atoms with Gasteiger partial charge in [-0.3, -0.25) is 15.6 Å². The summed E-state index contributed by atoms with van der Waals surface area (Å²) in [5.74, 6) is -0.244. The average molecular weight is 382 g/mol. The highest BCUT2D eigenvalue weighted by Crippen LogP contribution is 2.27. The number of carbonyl (C=O) groups is 1. The molecular weight excluding hydrogens is 360 g/mol. The highest BCUT2D eigenvalue weighted by Gasteiger charge is 2.20. The summed E-state index contributed by atoms with van der Waals surface area (Å²) in [6.45, 7) is 4.09. The Hall–Kier alpha value is -3.86. The quantitative estimate of drug-likeness (QED) is 0.482. The van der Waals surface area contributed by atoms with Crippen molar-refractivity contribution in [2.75, 3.05) is 5.43 Å². The normalized spacial score (nSPS) is 10.6. The van der Waals surface area contributed by atoms with Crippen molar-refractivity contribution in [3.63, 3.8) is 0 Å². The van der Waals surface area contributed by atoms with E-state index < -0.39 is 0 Å². The molecule has 4 aromatic rings. The molecule has 3 aromatic carbocycles. The third kappa shape index (κ3) is 4.04. The van der Waals surface area contributed by atoms with Crippen LogP contribution in [0.4, 0.5) is 5.69 Å². The van der Waals surface area contributed by atoms with Crippen molar-refractivity contribution in [1.29, 1.82) is 0 Å². The lowest BCUT2D eigenvalue weighted by atomic mass is 10.0. The molecule has 144 valence electrons. The second-order valence-corrected chi connectivity index (χ2v) is 6.94. The lowest BCUT2D eigenvalue weighted by molar-refractivity contribution is 0.0963. The SMILES string of the molecule is Cc1ccc(-c2nn(-c3ccccc3)cc2C(=O)NNc2ccccc2)c(C)c1. The first-order chi connectivity index (χ1) is 14.1. The summed E-state index contributed by atoms with van der Waals surface area (Å²) >= 11 is 0. The molecular formula is C24H22N4O. The van der Waals surface area contributed by atoms with Gasteiger partial charge >= 0.3 is 0 Å². The molecule has 0 aliphatic rings. The highest BCUT2D eigenvalue weighted by atomic mass is 16.2. The molecule has 0 saturated carbocycles. The van der Waals surface area contributed by atoms with E-state index in [0.717, 1.165) is 22.5 Å². The largest absolute Gasteiger partial charge is 0.298 e. The zero-order chi connectivity index (χ0) is 20.2. The van der Waals surface area contributed by atoms with E-state index in [-0.39, 0.29) is 5.91 Å². The predicted octanol–water partition coefficient (Wildman–Crippen LogP) is 4.91. The molecule has 4 rings (SSSR count). The first-order valence-electron chi connectivity index (χ1n) is 9.46. The summed E-state index contributed by atoms with van der Waals surface area (Å²) in [7, 11) is 0. The summed E-state index contributed by atoms with van der Waals surface area (Å²) in [6.07, 6.45) is 1.77. The summed E-state index contributed by atoms with van der Waals surface area (Å²) < 4.78 is 1.74. The standard InChI is InChI=1S/C24H22N4O/c1-17-13-14-21(18(2)15-17)23-22(16-28(27-23)20-11-7-4-8-12-20)24(29)26-25-19-9-5-3-6-10-19/h3-16,25H,1-2H3,(H,26,29). The van der Waals surface area contributed by atoms with Gasteiger partial charge in [0.1, 0.15) is 5.69 Å². The maximum atomic E-state index is 13.0. The number of para-hydroxylation sites is 2. The number of amides is 1. The van der Waals surface area contributed by atoms with Crippen molar-refractivity contribution in [3.05, 3.63) is 102 Å². The second-order valence-electron chi connectivity index (χ2n) is 6.94. The van der Waals surface area contributed by atoms with Gasteiger partial charge in [0.15, 0.2) is 0 Å². The van der Waals surface area contributed by atoms with Gasteiger partial charge in [0, 0.05) is 11.8 Å². The topological polar surface area (TPSA) is 59.0 Å². The lowest BCUT2D eigenvalue weighted by Gasteiger charge is -2.09. The zero-order valence-electron chi connectivity index (χ0n) is 16.4. The van der Waals surface area contributed by atoms with Gasteiger partial charge in [-0.2, -0.15) is 5.10 Å². The fraction of sp³-hybridized carbons (Fsp3) is 0.0833. The molecule has 0 aliphatic heterocycles. The maximum absolute atomic E-state index is 13.0. The monoisotopic (exact) mass is 382 g/mol. The van der Waals surface area contributed by atoms with Crippen LogP contribution in [0.2, 0.25) is 0 Å². The number of hydrazine groups is 1. The van der Waals surface area contributed by atoms with Crippen molar-refractivity contribution in [3.8, 4) is 16.9 Å². The minimum atomic E-state index is -0.244. The van der Waals surface area contributed by atoms with Crippen molar-refractivity contribution in [2.24, 2.45) is 0 Å². The van der Waals surface area contributed by atoms with Crippen LogP contribution in [-0.2, 0) is 0 Å². The van der Waals surface area contributed by atoms with Crippen LogP contribution >= 0.6 is 0 Å². The Morgan fingerprint density at radius 2 is 1.59 bits per heavy atom. The number of rotatable bonds is 5. The van der Waals surface area contributed by atoms with Crippen LogP contribution < -0.4 is 10.9 Å². The van der Waals surface area contributed by atoms with E-state index in [1.807, 2.05) is 79.7 Å². The Morgan fingerprint density at radius 1 is 0.897 bits per heavy atom. The number of aryl methyl sites for hydroxylation is 2. The summed E-state index contributed by atoms with van der Waals surface area (Å²) in [6, 6.07) is 25.4. The molecule has 0 bridgehead atoms. The number of hydrogen-bond acceptors (Lipinski definition) is 3. The van der Waals surface area contributed by atoms with E-state index in [9.17, 15) is 4.79 Å². The molecule has 0 unspecified atom stereocenters. The minimum Gasteiger partial charge on any atom is -0.298 e. The van der Waals surface area contributed by atoms with Crippen molar-refractivity contribution < 1.29 is 4.79 Å². The van der Waals surface area contributed by atoms with E-state index in [0.29, 0.717) is 11.3 Å². The molecule has 5 nitrogen and oxygen atoms in total. The van der Waals surface area contributed by atoms with Crippen LogP contribution in [0.25, 0.3) is 16.9 Å². The smallest absolute Gasteiger partial charge is 0.273 e. The molecule has 0 radical (unpaired) electrons. The van der Waals surface area contributed by atoms with E-state index in [4.69, 9.17) is 5.10 Å². The average Bonchev–Trinajstić information content (AvgIpc) is 3.19. The van der Waals surface area contributed by atoms with Gasteiger partial charge in [-0.25, -0.2) is 4.68 Å². The van der Waals surface area contributed by atoms with Gasteiger partial charge in [-0.15, -0.1) is 0 Å². The van der Waals surface area contributed by atoms with E-state index in [1.54, 1.807) is 10.9 Å². The number of nitrogens with zero attached hydrogens (tertiary/aromatic N) is 2. The summed E-state index contributed by atoms with van der Waals surface area (Å²) in [4.78, 5) is 13.0. The fourth-order valence-electron chi connectivity index (χ4n) is 3.25.